The highest BCUT2D eigenvalue weighted by Crippen LogP contribution is 2.48. The van der Waals surface area contributed by atoms with Crippen molar-refractivity contribution >= 4 is 52.2 Å². The molecule has 15 rings (SSSR count). The van der Waals surface area contributed by atoms with Gasteiger partial charge in [-0.3, -0.25) is 4.79 Å². The summed E-state index contributed by atoms with van der Waals surface area (Å²) in [5.74, 6) is -1.45. The standard InChI is InChI=1S/C27H23NO4S.C21H19NO4S.2C18H19NO4S/c1-18-6-8-19(9-7-18)20-10-12-21(13-11-20)27-24-5-3-2-4-22(24)17-28(27)33(31,32)26-15-14-23(29)16-25(26)30;1-14-9-10-20(19(24)11-14)27(25,26)22-13-16-5-2-3-8-18(16)21(22)15-6-4-7-17(23)12-15;1-12-7-8-18(17(21)9-12)24(22,23)19-11-14-5-3-4-6-15(14)16(19)10-13(2)20;1-13-8-9-18(17(21)11-13)24(22,23)19-12-14-5-2-3-6-15(14)16(19)7-4-10-20/h2-16,27,29-30H,17H2,1H3;2-12,21,23-24H,13H2,1H3;3-9,16,21H,10-11H2,1-2H3;2-3,5-6,8-11,16,21H,4,7,12H2,1H3. The molecule has 0 saturated carbocycles. The Balaban J connectivity index is 0.000000136. The van der Waals surface area contributed by atoms with E-state index in [4.69, 9.17) is 0 Å². The largest absolute Gasteiger partial charge is 0.508 e. The number of hydrogen-bond donors (Lipinski definition) is 6. The van der Waals surface area contributed by atoms with Crippen LogP contribution in [0.2, 0.25) is 0 Å². The topological polar surface area (TPSA) is 305 Å². The molecule has 11 aromatic carbocycles. The minimum Gasteiger partial charge on any atom is -0.508 e. The number of ketones is 1. The Morgan fingerprint density at radius 3 is 1.12 bits per heavy atom. The van der Waals surface area contributed by atoms with Crippen LogP contribution < -0.4 is 0 Å². The highest BCUT2D eigenvalue weighted by molar-refractivity contribution is 7.90. The average Bonchev–Trinajstić information content (AvgIpc) is 1.61. The second kappa shape index (κ2) is 31.6. The van der Waals surface area contributed by atoms with E-state index >= 15 is 0 Å². The summed E-state index contributed by atoms with van der Waals surface area (Å²) in [4.78, 5) is 21.9. The van der Waals surface area contributed by atoms with Crippen LogP contribution in [0.1, 0.15) is 128 Å². The van der Waals surface area contributed by atoms with Crippen molar-refractivity contribution < 1.29 is 73.9 Å². The minimum absolute atomic E-state index is 0.0763. The van der Waals surface area contributed by atoms with Crippen LogP contribution in [0.3, 0.4) is 0 Å². The predicted octanol–water partition coefficient (Wildman–Crippen LogP) is 14.9. The van der Waals surface area contributed by atoms with Gasteiger partial charge < -0.3 is 35.4 Å². The molecule has 0 saturated heterocycles. The van der Waals surface area contributed by atoms with Crippen LogP contribution in [0.25, 0.3) is 11.1 Å². The molecule has 0 aromatic heterocycles. The molecular formula is C84H80N4O16S4. The summed E-state index contributed by atoms with van der Waals surface area (Å²) in [5, 5.41) is 60.2. The molecule has 4 aliphatic heterocycles. The van der Waals surface area contributed by atoms with Gasteiger partial charge in [0.05, 0.1) is 24.2 Å². The summed E-state index contributed by atoms with van der Waals surface area (Å²) < 4.78 is 112. The van der Waals surface area contributed by atoms with Crippen LogP contribution in [-0.2, 0) is 75.9 Å². The Kier molecular flexibility index (Phi) is 22.5. The van der Waals surface area contributed by atoms with Gasteiger partial charge in [-0.2, -0.15) is 17.2 Å². The highest BCUT2D eigenvalue weighted by atomic mass is 32.2. The first-order valence-corrected chi connectivity index (χ1v) is 40.4. The number of aromatic hydroxyl groups is 6. The molecule has 0 radical (unpaired) electrons. The number of carbonyl (C=O) groups is 2. The average molecular weight is 1530 g/mol. The number of sulfonamides is 4. The van der Waals surface area contributed by atoms with E-state index in [-0.39, 0.29) is 93.1 Å². The van der Waals surface area contributed by atoms with E-state index in [2.05, 4.69) is 24.3 Å². The molecule has 556 valence electrons. The van der Waals surface area contributed by atoms with Gasteiger partial charge in [0.1, 0.15) is 66.1 Å². The monoisotopic (exact) mass is 1530 g/mol. The molecule has 4 unspecified atom stereocenters. The maximum absolute atomic E-state index is 13.6. The fourth-order valence-corrected chi connectivity index (χ4v) is 20.9. The summed E-state index contributed by atoms with van der Waals surface area (Å²) in [6, 6.07) is 68.0. The molecule has 6 N–H and O–H groups in total. The normalized spacial score (nSPS) is 17.0. The molecule has 4 atom stereocenters. The maximum atomic E-state index is 13.6. The number of rotatable bonds is 16. The van der Waals surface area contributed by atoms with Crippen molar-refractivity contribution in [1.82, 2.24) is 17.2 Å². The van der Waals surface area contributed by atoms with E-state index in [1.807, 2.05) is 128 Å². The Hall–Kier alpha value is -10.8. The molecule has 11 aromatic rings. The van der Waals surface area contributed by atoms with Crippen molar-refractivity contribution in [2.45, 2.75) is 124 Å². The summed E-state index contributed by atoms with van der Waals surface area (Å²) >= 11 is 0. The summed E-state index contributed by atoms with van der Waals surface area (Å²) in [5.41, 5.74) is 14.4. The lowest BCUT2D eigenvalue weighted by atomic mass is 9.96. The van der Waals surface area contributed by atoms with Gasteiger partial charge in [-0.15, -0.1) is 0 Å². The SMILES string of the molecule is CC(=O)CC1c2ccccc2CN1S(=O)(=O)c1ccc(C)cc1O.Cc1ccc(-c2ccc(C3c4ccccc4CN3S(=O)(=O)c3ccc(O)cc3O)cc2)cc1.Cc1ccc(S(=O)(=O)N2Cc3ccccc3C2CCC=O)c(O)c1.Cc1ccc(S(=O)(=O)N2Cc3ccccc3C2c2cccc(O)c2)c(O)c1. The van der Waals surface area contributed by atoms with Gasteiger partial charge in [-0.1, -0.05) is 181 Å². The number of benzene rings is 11. The molecule has 20 nitrogen and oxygen atoms in total. The van der Waals surface area contributed by atoms with E-state index in [9.17, 15) is 73.9 Å². The van der Waals surface area contributed by atoms with Crippen LogP contribution in [0.4, 0.5) is 0 Å². The minimum atomic E-state index is -4.05. The number of phenolic OH excluding ortho intramolecular Hbond substituents is 6. The van der Waals surface area contributed by atoms with Gasteiger partial charge in [-0.25, -0.2) is 33.7 Å². The molecule has 4 aliphatic rings. The van der Waals surface area contributed by atoms with E-state index in [1.165, 1.54) is 78.2 Å². The van der Waals surface area contributed by atoms with Crippen molar-refractivity contribution in [1.29, 1.82) is 0 Å². The zero-order valence-electron chi connectivity index (χ0n) is 59.6. The second-order valence-electron chi connectivity index (χ2n) is 27.1. The third kappa shape index (κ3) is 15.8. The molecular weight excluding hydrogens is 1450 g/mol. The van der Waals surface area contributed by atoms with Gasteiger partial charge >= 0.3 is 0 Å². The first kappa shape index (κ1) is 76.8. The van der Waals surface area contributed by atoms with Crippen molar-refractivity contribution in [3.8, 4) is 45.6 Å². The van der Waals surface area contributed by atoms with E-state index in [0.29, 0.717) is 12.0 Å². The first-order valence-electron chi connectivity index (χ1n) is 34.7. The van der Waals surface area contributed by atoms with Crippen LogP contribution in [-0.4, -0.2) is 93.6 Å². The lowest BCUT2D eigenvalue weighted by Crippen LogP contribution is -2.30. The van der Waals surface area contributed by atoms with Gasteiger partial charge in [0.2, 0.25) is 40.1 Å². The van der Waals surface area contributed by atoms with E-state index in [1.54, 1.807) is 63.2 Å². The van der Waals surface area contributed by atoms with Crippen LogP contribution in [0.15, 0.2) is 262 Å². The number of phenols is 6. The van der Waals surface area contributed by atoms with Gasteiger partial charge in [0.25, 0.3) is 0 Å². The van der Waals surface area contributed by atoms with Crippen molar-refractivity contribution in [2.75, 3.05) is 0 Å². The third-order valence-electron chi connectivity index (χ3n) is 19.6. The molecule has 0 spiro atoms. The lowest BCUT2D eigenvalue weighted by Gasteiger charge is -2.25. The number of aryl methyl sites for hydroxylation is 4. The quantitative estimate of drug-likeness (QED) is 0.0490. The van der Waals surface area contributed by atoms with Crippen molar-refractivity contribution in [3.05, 3.63) is 321 Å². The molecule has 4 heterocycles. The zero-order valence-corrected chi connectivity index (χ0v) is 62.9. The summed E-state index contributed by atoms with van der Waals surface area (Å²) in [7, 11) is -15.8. The van der Waals surface area contributed by atoms with Gasteiger partial charge in [0.15, 0.2) is 0 Å². The number of aldehydes is 1. The molecule has 0 aliphatic carbocycles. The number of Topliss-reactive ketones (excluding diaryl/α,β-unsaturated/α-hetero) is 1. The second-order valence-corrected chi connectivity index (χ2v) is 34.6. The highest BCUT2D eigenvalue weighted by Gasteiger charge is 2.45. The molecule has 0 amide bonds. The van der Waals surface area contributed by atoms with E-state index in [0.717, 1.165) is 90.2 Å². The molecule has 0 fully saturated rings. The number of nitrogens with zero attached hydrogens (tertiary/aromatic N) is 4. The fraction of sp³-hybridized carbons (Fsp3) is 0.190. The van der Waals surface area contributed by atoms with Gasteiger partial charge in [0, 0.05) is 45.1 Å². The first-order chi connectivity index (χ1) is 51.5. The smallest absolute Gasteiger partial charge is 0.247 e. The Morgan fingerprint density at radius 2 is 0.704 bits per heavy atom. The number of fused-ring (bicyclic) bond motifs is 4. The molecule has 24 heteroatoms. The number of carbonyl (C=O) groups excluding carboxylic acids is 2. The summed E-state index contributed by atoms with van der Waals surface area (Å²) in [6.07, 6.45) is 1.62. The van der Waals surface area contributed by atoms with Crippen LogP contribution in [0.5, 0.6) is 34.5 Å². The molecule has 0 bridgehead atoms. The predicted molar refractivity (Wildman–Crippen MR) is 409 cm³/mol. The zero-order chi connectivity index (χ0) is 77.1. The fourth-order valence-electron chi connectivity index (χ4n) is 14.3. The third-order valence-corrected chi connectivity index (χ3v) is 27.1. The van der Waals surface area contributed by atoms with Crippen molar-refractivity contribution in [3.63, 3.8) is 0 Å². The summed E-state index contributed by atoms with van der Waals surface area (Å²) in [6.45, 7) is 9.70. The van der Waals surface area contributed by atoms with Crippen LogP contribution in [0, 0.1) is 27.7 Å². The Bertz CT molecular complexity index is 5720. The van der Waals surface area contributed by atoms with Gasteiger partial charge in [-0.05, 0) is 185 Å². The maximum Gasteiger partial charge on any atom is 0.247 e. The lowest BCUT2D eigenvalue weighted by molar-refractivity contribution is -0.117. The molecule has 108 heavy (non-hydrogen) atoms. The number of hydrogen-bond acceptors (Lipinski definition) is 16. The van der Waals surface area contributed by atoms with Crippen molar-refractivity contribution in [2.24, 2.45) is 0 Å². The Morgan fingerprint density at radius 1 is 0.361 bits per heavy atom. The van der Waals surface area contributed by atoms with E-state index < -0.39 is 70.0 Å². The Labute approximate surface area is 629 Å². The van der Waals surface area contributed by atoms with Crippen LogP contribution >= 0.6 is 0 Å².